The van der Waals surface area contributed by atoms with Crippen molar-refractivity contribution >= 4 is 70.9 Å². The molecule has 252 valence electrons. The number of aromatic hydroxyl groups is 1. The molecule has 3 atom stereocenters. The van der Waals surface area contributed by atoms with Crippen LogP contribution in [0.15, 0.2) is 57.0 Å². The van der Waals surface area contributed by atoms with Crippen LogP contribution >= 0.6 is 35.5 Å². The molecule has 1 aromatic heterocycles. The van der Waals surface area contributed by atoms with E-state index in [4.69, 9.17) is 6.42 Å². The minimum absolute atomic E-state index is 0.0852. The van der Waals surface area contributed by atoms with E-state index in [0.717, 1.165) is 10.4 Å². The number of carboxylic acid groups (broad SMARTS) is 1. The molecule has 0 saturated carbocycles. The van der Waals surface area contributed by atoms with Gasteiger partial charge < -0.3 is 36.9 Å². The number of rotatable bonds is 12. The van der Waals surface area contributed by atoms with Gasteiger partial charge in [-0.3, -0.25) is 24.3 Å². The molecule has 48 heavy (non-hydrogen) atoms. The predicted molar refractivity (Wildman–Crippen MR) is 182 cm³/mol. The third-order valence-corrected chi connectivity index (χ3v) is 10.7. The van der Waals surface area contributed by atoms with E-state index in [9.17, 15) is 34.2 Å². The first-order valence-electron chi connectivity index (χ1n) is 14.0. The highest BCUT2D eigenvalue weighted by Gasteiger charge is 2.54. The van der Waals surface area contributed by atoms with Gasteiger partial charge in [0.25, 0.3) is 11.5 Å². The number of β-lactam (4-membered cyclic amide) rings is 1. The van der Waals surface area contributed by atoms with E-state index in [1.165, 1.54) is 64.6 Å². The van der Waals surface area contributed by atoms with Gasteiger partial charge in [0.15, 0.2) is 0 Å². The number of hydrazine groups is 2. The molecule has 4 amide bonds. The number of amides is 4. The summed E-state index contributed by atoms with van der Waals surface area (Å²) < 4.78 is 2.71. The van der Waals surface area contributed by atoms with Gasteiger partial charge in [-0.25, -0.2) is 19.6 Å². The lowest BCUT2D eigenvalue weighted by molar-refractivity contribution is -0.150. The van der Waals surface area contributed by atoms with Gasteiger partial charge in [0.05, 0.1) is 17.0 Å². The third kappa shape index (κ3) is 7.66. The second kappa shape index (κ2) is 15.0. The quantitative estimate of drug-likeness (QED) is 0.0856. The molecule has 1 saturated heterocycles. The molecule has 5 rings (SSSR count). The Kier molecular flexibility index (Phi) is 10.8. The number of thioether (sulfide) groups is 2. The van der Waals surface area contributed by atoms with Gasteiger partial charge >= 0.3 is 12.0 Å². The van der Waals surface area contributed by atoms with E-state index in [1.54, 1.807) is 10.7 Å². The number of hydrogen-bond donors (Lipinski definition) is 8. The van der Waals surface area contributed by atoms with Crippen molar-refractivity contribution in [3.05, 3.63) is 68.1 Å². The average molecular weight is 715 g/mol. The van der Waals surface area contributed by atoms with Gasteiger partial charge in [-0.05, 0) is 23.3 Å². The number of nitrogens with zero attached hydrogens (tertiary/aromatic N) is 4. The average Bonchev–Trinajstić information content (AvgIpc) is 3.55. The number of aromatic amines is 1. The number of carboxylic acids is 1. The van der Waals surface area contributed by atoms with Crippen LogP contribution in [0.3, 0.4) is 0 Å². The van der Waals surface area contributed by atoms with Crippen LogP contribution in [0, 0.1) is 12.3 Å². The second-order valence-electron chi connectivity index (χ2n) is 10.4. The van der Waals surface area contributed by atoms with Crippen molar-refractivity contribution in [1.29, 1.82) is 0 Å². The minimum atomic E-state index is -1.38. The number of nitrogens with one attached hydrogen (secondary N) is 6. The molecule has 3 aliphatic rings. The zero-order valence-corrected chi connectivity index (χ0v) is 27.8. The maximum atomic E-state index is 13.6. The van der Waals surface area contributed by atoms with Crippen molar-refractivity contribution in [2.45, 2.75) is 17.5 Å². The number of phenols is 1. The van der Waals surface area contributed by atoms with Crippen molar-refractivity contribution in [2.24, 2.45) is 0 Å². The van der Waals surface area contributed by atoms with Crippen LogP contribution in [-0.4, -0.2) is 102 Å². The maximum absolute atomic E-state index is 13.6. The van der Waals surface area contributed by atoms with E-state index in [-0.39, 0.29) is 35.2 Å². The first-order chi connectivity index (χ1) is 23.0. The number of carbonyl (C=O) groups excluding carboxylic acids is 3. The smallest absolute Gasteiger partial charge is 0.352 e. The van der Waals surface area contributed by atoms with E-state index in [1.807, 2.05) is 19.1 Å². The number of benzene rings is 1. The maximum Gasteiger partial charge on any atom is 0.352 e. The highest BCUT2D eigenvalue weighted by atomic mass is 32.2. The van der Waals surface area contributed by atoms with E-state index < -0.39 is 46.8 Å². The van der Waals surface area contributed by atoms with Crippen molar-refractivity contribution in [1.82, 2.24) is 40.5 Å². The summed E-state index contributed by atoms with van der Waals surface area (Å²) in [5, 5.41) is 31.1. The summed E-state index contributed by atoms with van der Waals surface area (Å²) in [6, 6.07) is 2.06. The monoisotopic (exact) mass is 714 g/mol. The van der Waals surface area contributed by atoms with Crippen LogP contribution in [0.5, 0.6) is 5.75 Å². The summed E-state index contributed by atoms with van der Waals surface area (Å²) in [7, 11) is 3.74. The van der Waals surface area contributed by atoms with Crippen LogP contribution in [0.1, 0.15) is 11.6 Å². The Hall–Kier alpha value is -4.81. The number of fused-ring (bicyclic) bond motifs is 1. The molecule has 0 spiro atoms. The molecule has 1 aromatic carbocycles. The van der Waals surface area contributed by atoms with Crippen LogP contribution in [-0.2, 0) is 14.4 Å². The van der Waals surface area contributed by atoms with Crippen LogP contribution in [0.25, 0.3) is 0 Å². The Morgan fingerprint density at radius 3 is 2.65 bits per heavy atom. The normalized spacial score (nSPS) is 19.3. The number of H-pyrrole nitrogens is 1. The van der Waals surface area contributed by atoms with Crippen LogP contribution in [0.4, 0.5) is 16.4 Å². The van der Waals surface area contributed by atoms with E-state index in [2.05, 4.69) is 42.6 Å². The minimum Gasteiger partial charge on any atom is -0.508 e. The zero-order chi connectivity index (χ0) is 34.5. The molecule has 4 heterocycles. The lowest BCUT2D eigenvalue weighted by Gasteiger charge is -2.49. The number of aromatic nitrogens is 2. The lowest BCUT2D eigenvalue weighted by Crippen LogP contribution is -2.71. The largest absolute Gasteiger partial charge is 0.508 e. The highest BCUT2D eigenvalue weighted by molar-refractivity contribution is 8.21. The molecule has 0 radical (unpaired) electrons. The Bertz CT molecular complexity index is 1780. The Morgan fingerprint density at radius 2 is 2.00 bits per heavy atom. The van der Waals surface area contributed by atoms with Crippen molar-refractivity contribution < 1.29 is 29.4 Å². The second-order valence-corrected chi connectivity index (χ2v) is 13.8. The molecule has 8 N–H and O–H groups in total. The molecule has 2 aromatic rings. The summed E-state index contributed by atoms with van der Waals surface area (Å²) in [6.45, 7) is 0.111. The summed E-state index contributed by atoms with van der Waals surface area (Å²) in [5.41, 5.74) is 2.88. The van der Waals surface area contributed by atoms with Gasteiger partial charge in [-0.1, -0.05) is 22.6 Å². The Labute approximate surface area is 286 Å². The molecule has 0 aliphatic carbocycles. The molecular weight excluding hydrogens is 685 g/mol. The number of phenolic OH excluding ortho intramolecular Hbond substituents is 1. The van der Waals surface area contributed by atoms with Gasteiger partial charge in [0.2, 0.25) is 11.9 Å². The van der Waals surface area contributed by atoms with E-state index in [0.29, 0.717) is 17.1 Å². The Balaban J connectivity index is 1.27. The van der Waals surface area contributed by atoms with Gasteiger partial charge in [-0.2, -0.15) is 0 Å². The molecule has 1 unspecified atom stereocenters. The zero-order valence-electron chi connectivity index (χ0n) is 25.3. The first kappa shape index (κ1) is 34.5. The fraction of sp³-hybridized carbons (Fsp3) is 0.286. The predicted octanol–water partition coefficient (Wildman–Crippen LogP) is 0.599. The summed E-state index contributed by atoms with van der Waals surface area (Å²) in [4.78, 5) is 72.2. The number of anilines is 2. The number of urea groups is 1. The summed E-state index contributed by atoms with van der Waals surface area (Å²) in [5.74, 6) is 0.364. The van der Waals surface area contributed by atoms with Crippen molar-refractivity contribution in [3.63, 3.8) is 0 Å². The van der Waals surface area contributed by atoms with Gasteiger partial charge in [0.1, 0.15) is 34.6 Å². The fourth-order valence-electron chi connectivity index (χ4n) is 4.67. The number of hydrogen-bond acceptors (Lipinski definition) is 14. The third-order valence-electron chi connectivity index (χ3n) is 6.94. The van der Waals surface area contributed by atoms with E-state index >= 15 is 0 Å². The number of aliphatic carboxylic acids is 1. The molecular formula is C28H30N10O7S3. The SMILES string of the molecule is C#CCNc1ncc(NC(=O)N[C@@H](C(=O)NC2C(=O)N3C(C(=O)O)=C(CSC4=CNN(N(C)C)S4)CS[C@H]23)c2ccc(O)cc2)c(=O)[nH]1. The first-order valence-corrected chi connectivity index (χ1v) is 16.9. The summed E-state index contributed by atoms with van der Waals surface area (Å²) >= 11 is 4.20. The van der Waals surface area contributed by atoms with Gasteiger partial charge in [-0.15, -0.1) is 29.9 Å². The van der Waals surface area contributed by atoms with Crippen molar-refractivity contribution in [3.8, 4) is 18.1 Å². The lowest BCUT2D eigenvalue weighted by atomic mass is 10.0. The topological polar surface area (TPSA) is 224 Å². The highest BCUT2D eigenvalue weighted by Crippen LogP contribution is 2.43. The van der Waals surface area contributed by atoms with Gasteiger partial charge in [0, 0.05) is 43.7 Å². The fourth-order valence-corrected chi connectivity index (χ4v) is 7.98. The molecule has 20 heteroatoms. The number of terminal acetylenes is 1. The van der Waals surface area contributed by atoms with Crippen LogP contribution < -0.4 is 32.3 Å². The van der Waals surface area contributed by atoms with Crippen LogP contribution in [0.2, 0.25) is 0 Å². The molecule has 0 bridgehead atoms. The molecule has 1 fully saturated rings. The number of carbonyl (C=O) groups is 4. The summed E-state index contributed by atoms with van der Waals surface area (Å²) in [6.07, 6.45) is 8.10. The molecule has 3 aliphatic heterocycles. The standard InChI is InChI=1S/C28H30N10O7S3/c1-4-9-29-27-30-10-17(22(40)35-27)32-28(45)34-19(14-5-7-16(39)8-6-14)23(41)33-20-24(42)37-21(26(43)44)15(13-47-25(20)37)12-46-18-11-31-38(48-18)36(2)3/h1,5-8,10-11,19-20,25,31,39H,9,12-13H2,2-3H3,(H,33,41)(H,43,44)(H2,32,34,45)(H2,29,30,35,40)/t19-,20?,25-/m1/s1. The van der Waals surface area contributed by atoms with Crippen molar-refractivity contribution in [2.75, 3.05) is 42.8 Å². The Morgan fingerprint density at radius 1 is 1.25 bits per heavy atom. The molecule has 17 nitrogen and oxygen atoms in total.